The molecule has 0 aliphatic carbocycles. The lowest BCUT2D eigenvalue weighted by Gasteiger charge is -2.24. The summed E-state index contributed by atoms with van der Waals surface area (Å²) >= 11 is 0. The molecule has 0 heterocycles. The van der Waals surface area contributed by atoms with Crippen LogP contribution >= 0.6 is 0 Å². The molecule has 0 bridgehead atoms. The number of nitrogens with one attached hydrogen (secondary N) is 4. The SMILES string of the molecule is CCC(C)[C@H](NC(=O)Cc1ccc(C(=O)O)cc1)C(=O)NCCCCCCCCNC(=O)[C@@H](NC(=O)Cc1ccccc1C(=O)O)C(C)CC. The van der Waals surface area contributed by atoms with Crippen molar-refractivity contribution in [2.24, 2.45) is 11.8 Å². The molecule has 2 unspecified atom stereocenters. The van der Waals surface area contributed by atoms with Gasteiger partial charge in [0.05, 0.1) is 24.0 Å². The molecule has 12 nitrogen and oxygen atoms in total. The predicted octanol–water partition coefficient (Wildman–Crippen LogP) is 4.50. The van der Waals surface area contributed by atoms with Gasteiger partial charge in [0.1, 0.15) is 12.1 Å². The lowest BCUT2D eigenvalue weighted by atomic mass is 9.97. The monoisotopic (exact) mass is 694 g/mol. The first-order valence-corrected chi connectivity index (χ1v) is 17.6. The van der Waals surface area contributed by atoms with Gasteiger partial charge in [0.25, 0.3) is 0 Å². The Labute approximate surface area is 295 Å². The Hall–Kier alpha value is -4.74. The lowest BCUT2D eigenvalue weighted by molar-refractivity contribution is -0.130. The van der Waals surface area contributed by atoms with Gasteiger partial charge >= 0.3 is 11.9 Å². The zero-order valence-corrected chi connectivity index (χ0v) is 29.8. The molecular formula is C38H54N4O8. The van der Waals surface area contributed by atoms with E-state index >= 15 is 0 Å². The van der Waals surface area contributed by atoms with Gasteiger partial charge in [-0.2, -0.15) is 0 Å². The van der Waals surface area contributed by atoms with E-state index in [0.717, 1.165) is 38.5 Å². The Morgan fingerprint density at radius 2 is 1.06 bits per heavy atom. The Morgan fingerprint density at radius 3 is 1.52 bits per heavy atom. The molecule has 0 radical (unpaired) electrons. The quantitative estimate of drug-likeness (QED) is 0.0916. The summed E-state index contributed by atoms with van der Waals surface area (Å²) in [4.78, 5) is 73.8. The zero-order valence-electron chi connectivity index (χ0n) is 29.8. The molecule has 2 aromatic carbocycles. The molecule has 4 amide bonds. The number of hydrogen-bond donors (Lipinski definition) is 6. The minimum absolute atomic E-state index is 0.0461. The Balaban J connectivity index is 1.67. The number of aromatic carboxylic acids is 2. The van der Waals surface area contributed by atoms with Crippen molar-refractivity contribution in [2.45, 2.75) is 104 Å². The predicted molar refractivity (Wildman–Crippen MR) is 191 cm³/mol. The molecule has 0 fully saturated rings. The van der Waals surface area contributed by atoms with Gasteiger partial charge in [0.2, 0.25) is 23.6 Å². The lowest BCUT2D eigenvalue weighted by Crippen LogP contribution is -2.50. The molecule has 0 saturated heterocycles. The smallest absolute Gasteiger partial charge is 0.335 e. The molecule has 2 aromatic rings. The Morgan fingerprint density at radius 1 is 0.600 bits per heavy atom. The van der Waals surface area contributed by atoms with E-state index < -0.39 is 29.9 Å². The van der Waals surface area contributed by atoms with E-state index in [0.29, 0.717) is 37.1 Å². The Kier molecular flexibility index (Phi) is 18.3. The maximum atomic E-state index is 13.0. The average molecular weight is 695 g/mol. The van der Waals surface area contributed by atoms with Crippen molar-refractivity contribution < 1.29 is 39.0 Å². The maximum Gasteiger partial charge on any atom is 0.335 e. The van der Waals surface area contributed by atoms with Crippen LogP contribution in [0.4, 0.5) is 0 Å². The van der Waals surface area contributed by atoms with E-state index in [1.54, 1.807) is 30.3 Å². The maximum absolute atomic E-state index is 13.0. The van der Waals surface area contributed by atoms with Crippen LogP contribution in [0.15, 0.2) is 48.5 Å². The van der Waals surface area contributed by atoms with Gasteiger partial charge in [-0.15, -0.1) is 0 Å². The minimum atomic E-state index is -1.10. The highest BCUT2D eigenvalue weighted by atomic mass is 16.4. The number of hydrogen-bond acceptors (Lipinski definition) is 6. The molecule has 6 N–H and O–H groups in total. The van der Waals surface area contributed by atoms with Crippen LogP contribution in [0.5, 0.6) is 0 Å². The normalized spacial score (nSPS) is 13.3. The summed E-state index contributed by atoms with van der Waals surface area (Å²) in [5.41, 5.74) is 1.26. The molecular weight excluding hydrogens is 640 g/mol. The third-order valence-corrected chi connectivity index (χ3v) is 8.99. The van der Waals surface area contributed by atoms with E-state index in [1.165, 1.54) is 18.2 Å². The summed E-state index contributed by atoms with van der Waals surface area (Å²) in [6.45, 7) is 8.70. The highest BCUT2D eigenvalue weighted by Gasteiger charge is 2.27. The number of carbonyl (C=O) groups is 6. The van der Waals surface area contributed by atoms with Gasteiger partial charge < -0.3 is 31.5 Å². The van der Waals surface area contributed by atoms with E-state index in [-0.39, 0.29) is 53.5 Å². The van der Waals surface area contributed by atoms with Gasteiger partial charge in [0.15, 0.2) is 0 Å². The van der Waals surface area contributed by atoms with Crippen molar-refractivity contribution in [3.63, 3.8) is 0 Å². The van der Waals surface area contributed by atoms with E-state index in [4.69, 9.17) is 5.11 Å². The second-order valence-electron chi connectivity index (χ2n) is 12.9. The van der Waals surface area contributed by atoms with Gasteiger partial charge in [-0.25, -0.2) is 9.59 Å². The third-order valence-electron chi connectivity index (χ3n) is 8.99. The van der Waals surface area contributed by atoms with Crippen molar-refractivity contribution in [1.82, 2.24) is 21.3 Å². The Bertz CT molecular complexity index is 1430. The molecule has 0 spiro atoms. The fourth-order valence-corrected chi connectivity index (χ4v) is 5.46. The van der Waals surface area contributed by atoms with Crippen molar-refractivity contribution >= 4 is 35.6 Å². The fourth-order valence-electron chi connectivity index (χ4n) is 5.46. The van der Waals surface area contributed by atoms with Crippen LogP contribution in [-0.2, 0) is 32.0 Å². The van der Waals surface area contributed by atoms with Crippen molar-refractivity contribution in [1.29, 1.82) is 0 Å². The molecule has 0 saturated carbocycles. The number of carboxylic acids is 2. The minimum Gasteiger partial charge on any atom is -0.478 e. The highest BCUT2D eigenvalue weighted by Crippen LogP contribution is 2.13. The largest absolute Gasteiger partial charge is 0.478 e. The topological polar surface area (TPSA) is 191 Å². The molecule has 12 heteroatoms. The van der Waals surface area contributed by atoms with Gasteiger partial charge in [-0.05, 0) is 54.0 Å². The summed E-state index contributed by atoms with van der Waals surface area (Å²) in [5.74, 6) is -3.48. The van der Waals surface area contributed by atoms with Crippen molar-refractivity contribution in [3.8, 4) is 0 Å². The van der Waals surface area contributed by atoms with Crippen LogP contribution < -0.4 is 21.3 Å². The highest BCUT2D eigenvalue weighted by molar-refractivity contribution is 5.93. The molecule has 2 rings (SSSR count). The number of rotatable bonds is 23. The zero-order chi connectivity index (χ0) is 37.1. The fraction of sp³-hybridized carbons (Fsp3) is 0.526. The number of amides is 4. The molecule has 0 aromatic heterocycles. The third kappa shape index (κ3) is 14.4. The molecule has 274 valence electrons. The molecule has 50 heavy (non-hydrogen) atoms. The van der Waals surface area contributed by atoms with Crippen LogP contribution in [-0.4, -0.2) is 71.0 Å². The summed E-state index contributed by atoms with van der Waals surface area (Å²) in [6, 6.07) is 11.0. The van der Waals surface area contributed by atoms with E-state index in [2.05, 4.69) is 21.3 Å². The first-order valence-electron chi connectivity index (χ1n) is 17.6. The standard InChI is InChI=1S/C38H54N4O8/c1-5-25(3)33(41-31(43)23-27-17-19-28(20-18-27)37(47)48)35(45)39-21-13-9-7-8-10-14-22-40-36(46)34(26(4)6-2)42-32(44)24-29-15-11-12-16-30(29)38(49)50/h11-12,15-20,25-26,33-34H,5-10,13-14,21-24H2,1-4H3,(H,39,45)(H,40,46)(H,41,43)(H,42,44)(H,47,48)(H,49,50)/t25?,26?,33-,34-/m0/s1. The van der Waals surface area contributed by atoms with Crippen molar-refractivity contribution in [3.05, 3.63) is 70.8 Å². The molecule has 0 aliphatic heterocycles. The molecule has 4 atom stereocenters. The van der Waals surface area contributed by atoms with Crippen LogP contribution in [0.2, 0.25) is 0 Å². The van der Waals surface area contributed by atoms with Crippen LogP contribution in [0.1, 0.15) is 111 Å². The average Bonchev–Trinajstić information content (AvgIpc) is 3.09. The number of unbranched alkanes of at least 4 members (excludes halogenated alkanes) is 5. The van der Waals surface area contributed by atoms with Gasteiger partial charge in [-0.3, -0.25) is 19.2 Å². The van der Waals surface area contributed by atoms with Gasteiger partial charge in [-0.1, -0.05) is 96.6 Å². The van der Waals surface area contributed by atoms with E-state index in [1.807, 2.05) is 27.7 Å². The second-order valence-corrected chi connectivity index (χ2v) is 12.9. The number of carbonyl (C=O) groups excluding carboxylic acids is 4. The summed E-state index contributed by atoms with van der Waals surface area (Å²) in [7, 11) is 0. The van der Waals surface area contributed by atoms with Gasteiger partial charge in [0, 0.05) is 13.1 Å². The van der Waals surface area contributed by atoms with E-state index in [9.17, 15) is 33.9 Å². The summed E-state index contributed by atoms with van der Waals surface area (Å²) in [5, 5.41) is 30.0. The second kappa shape index (κ2) is 22.1. The number of benzene rings is 2. The van der Waals surface area contributed by atoms with Crippen LogP contribution in [0.3, 0.4) is 0 Å². The molecule has 0 aliphatic rings. The summed E-state index contributed by atoms with van der Waals surface area (Å²) < 4.78 is 0. The summed E-state index contributed by atoms with van der Waals surface area (Å²) in [6.07, 6.45) is 6.68. The van der Waals surface area contributed by atoms with Crippen LogP contribution in [0.25, 0.3) is 0 Å². The first kappa shape index (κ1) is 41.4. The van der Waals surface area contributed by atoms with Crippen molar-refractivity contribution in [2.75, 3.05) is 13.1 Å². The first-order chi connectivity index (χ1) is 23.9. The number of carboxylic acid groups (broad SMARTS) is 2. The van der Waals surface area contributed by atoms with Crippen LogP contribution in [0, 0.1) is 11.8 Å².